The lowest BCUT2D eigenvalue weighted by Crippen LogP contribution is -2.13. The number of halogens is 4. The second-order valence-corrected chi connectivity index (χ2v) is 6.13. The van der Waals surface area contributed by atoms with Gasteiger partial charge in [0.05, 0.1) is 6.04 Å². The van der Waals surface area contributed by atoms with Gasteiger partial charge in [-0.15, -0.1) is 0 Å². The molecule has 0 saturated carbocycles. The molecular formula is C16H15BrClF2N. The van der Waals surface area contributed by atoms with E-state index in [1.54, 1.807) is 12.1 Å². The molecule has 0 aliphatic carbocycles. The van der Waals surface area contributed by atoms with Gasteiger partial charge >= 0.3 is 0 Å². The highest BCUT2D eigenvalue weighted by atomic mass is 79.9. The summed E-state index contributed by atoms with van der Waals surface area (Å²) in [4.78, 5) is 0. The van der Waals surface area contributed by atoms with Gasteiger partial charge in [0.25, 0.3) is 0 Å². The quantitative estimate of drug-likeness (QED) is 0.644. The van der Waals surface area contributed by atoms with Gasteiger partial charge in [0.2, 0.25) is 0 Å². The summed E-state index contributed by atoms with van der Waals surface area (Å²) >= 11 is 8.95. The smallest absolute Gasteiger partial charge is 0.150 e. The molecule has 0 heterocycles. The summed E-state index contributed by atoms with van der Waals surface area (Å²) in [6.45, 7) is 2.03. The van der Waals surface area contributed by atoms with E-state index in [4.69, 9.17) is 11.6 Å². The van der Waals surface area contributed by atoms with E-state index in [-0.39, 0.29) is 11.7 Å². The molecule has 0 radical (unpaired) electrons. The highest BCUT2D eigenvalue weighted by Gasteiger charge is 2.16. The molecule has 0 spiro atoms. The number of hydrogen-bond acceptors (Lipinski definition) is 1. The van der Waals surface area contributed by atoms with Crippen molar-refractivity contribution in [3.63, 3.8) is 0 Å². The van der Waals surface area contributed by atoms with Gasteiger partial charge in [0, 0.05) is 9.50 Å². The Kier molecular flexibility index (Phi) is 5.59. The minimum absolute atomic E-state index is 0.105. The van der Waals surface area contributed by atoms with Crippen LogP contribution in [-0.2, 0) is 0 Å². The maximum absolute atomic E-state index is 13.9. The van der Waals surface area contributed by atoms with Crippen molar-refractivity contribution in [1.82, 2.24) is 0 Å². The number of benzene rings is 2. The van der Waals surface area contributed by atoms with Crippen molar-refractivity contribution in [2.75, 3.05) is 5.32 Å². The van der Waals surface area contributed by atoms with Gasteiger partial charge in [-0.05, 0) is 36.2 Å². The van der Waals surface area contributed by atoms with Crippen molar-refractivity contribution in [3.8, 4) is 0 Å². The molecule has 0 fully saturated rings. The zero-order valence-corrected chi connectivity index (χ0v) is 13.8. The van der Waals surface area contributed by atoms with E-state index < -0.39 is 11.6 Å². The summed E-state index contributed by atoms with van der Waals surface area (Å²) in [7, 11) is 0. The third kappa shape index (κ3) is 4.17. The van der Waals surface area contributed by atoms with Gasteiger partial charge in [-0.3, -0.25) is 0 Å². The topological polar surface area (TPSA) is 12.0 Å². The van der Waals surface area contributed by atoms with Gasteiger partial charge in [-0.2, -0.15) is 0 Å². The molecule has 1 N–H and O–H groups in total. The second-order valence-electron chi connectivity index (χ2n) is 4.78. The van der Waals surface area contributed by atoms with Gasteiger partial charge < -0.3 is 5.32 Å². The highest BCUT2D eigenvalue weighted by Crippen LogP contribution is 2.30. The van der Waals surface area contributed by atoms with Crippen molar-refractivity contribution in [3.05, 3.63) is 63.1 Å². The molecule has 2 aromatic rings. The second kappa shape index (κ2) is 7.23. The van der Waals surface area contributed by atoms with Gasteiger partial charge in [0.1, 0.15) is 17.3 Å². The highest BCUT2D eigenvalue weighted by molar-refractivity contribution is 9.10. The molecule has 0 amide bonds. The minimum atomic E-state index is -0.614. The molecule has 2 rings (SSSR count). The Labute approximate surface area is 136 Å². The largest absolute Gasteiger partial charge is 0.373 e. The predicted octanol–water partition coefficient (Wildman–Crippen LogP) is 6.33. The fourth-order valence-corrected chi connectivity index (χ4v) is 2.69. The summed E-state index contributed by atoms with van der Waals surface area (Å²) in [5, 5.41) is 3.60. The monoisotopic (exact) mass is 373 g/mol. The van der Waals surface area contributed by atoms with Crippen LogP contribution in [0.15, 0.2) is 40.9 Å². The van der Waals surface area contributed by atoms with Crippen LogP contribution in [0.1, 0.15) is 31.4 Å². The molecule has 1 unspecified atom stereocenters. The molecule has 1 nitrogen and oxygen atoms in total. The first-order valence-electron chi connectivity index (χ1n) is 6.67. The first kappa shape index (κ1) is 16.2. The summed E-state index contributed by atoms with van der Waals surface area (Å²) in [5.74, 6) is -1.23. The van der Waals surface area contributed by atoms with E-state index in [9.17, 15) is 8.78 Å². The van der Waals surface area contributed by atoms with Crippen LogP contribution >= 0.6 is 27.5 Å². The van der Waals surface area contributed by atoms with E-state index in [1.165, 1.54) is 12.1 Å². The normalized spacial score (nSPS) is 12.2. The third-order valence-corrected chi connectivity index (χ3v) is 3.88. The zero-order chi connectivity index (χ0) is 15.4. The van der Waals surface area contributed by atoms with Crippen molar-refractivity contribution in [2.24, 2.45) is 0 Å². The van der Waals surface area contributed by atoms with Crippen LogP contribution < -0.4 is 5.32 Å². The molecule has 2 aromatic carbocycles. The Morgan fingerprint density at radius 2 is 1.71 bits per heavy atom. The van der Waals surface area contributed by atoms with Crippen molar-refractivity contribution in [1.29, 1.82) is 0 Å². The van der Waals surface area contributed by atoms with Gasteiger partial charge in [-0.25, -0.2) is 8.78 Å². The van der Waals surface area contributed by atoms with Crippen LogP contribution in [0.2, 0.25) is 5.02 Å². The molecule has 5 heteroatoms. The fraction of sp³-hybridized carbons (Fsp3) is 0.250. The fourth-order valence-electron chi connectivity index (χ4n) is 2.16. The van der Waals surface area contributed by atoms with E-state index in [0.29, 0.717) is 9.50 Å². The Morgan fingerprint density at radius 1 is 1.14 bits per heavy atom. The first-order chi connectivity index (χ1) is 10.0. The standard InChI is InChI=1S/C16H15BrClF2N/c1-2-3-15(10-4-6-12(18)7-5-10)21-16-13(19)8-11(17)9-14(16)20/h4-9,15,21H,2-3H2,1H3. The van der Waals surface area contributed by atoms with Crippen LogP contribution in [0.5, 0.6) is 0 Å². The van der Waals surface area contributed by atoms with Crippen molar-refractivity contribution >= 4 is 33.2 Å². The first-order valence-corrected chi connectivity index (χ1v) is 7.85. The maximum Gasteiger partial charge on any atom is 0.150 e. The summed E-state index contributed by atoms with van der Waals surface area (Å²) in [6, 6.07) is 9.60. The predicted molar refractivity (Wildman–Crippen MR) is 86.8 cm³/mol. The van der Waals surface area contributed by atoms with Crippen molar-refractivity contribution < 1.29 is 8.78 Å². The average Bonchev–Trinajstić information content (AvgIpc) is 2.42. The molecule has 0 saturated heterocycles. The number of hydrogen-bond donors (Lipinski definition) is 1. The lowest BCUT2D eigenvalue weighted by molar-refractivity contribution is 0.575. The third-order valence-electron chi connectivity index (χ3n) is 3.18. The van der Waals surface area contributed by atoms with Crippen LogP contribution in [0.25, 0.3) is 0 Å². The number of nitrogens with one attached hydrogen (secondary N) is 1. The number of anilines is 1. The minimum Gasteiger partial charge on any atom is -0.373 e. The molecule has 0 aliphatic rings. The summed E-state index contributed by atoms with van der Waals surface area (Å²) in [6.07, 6.45) is 1.65. The Bertz CT molecular complexity index is 593. The van der Waals surface area contributed by atoms with Gasteiger partial charge in [-0.1, -0.05) is 53.0 Å². The molecular weight excluding hydrogens is 360 g/mol. The molecule has 0 bridgehead atoms. The average molecular weight is 375 g/mol. The SMILES string of the molecule is CCCC(Nc1c(F)cc(Br)cc1F)c1ccc(Cl)cc1. The zero-order valence-electron chi connectivity index (χ0n) is 11.5. The lowest BCUT2D eigenvalue weighted by Gasteiger charge is -2.21. The summed E-state index contributed by atoms with van der Waals surface area (Å²) < 4.78 is 28.3. The van der Waals surface area contributed by atoms with Crippen LogP contribution in [0.4, 0.5) is 14.5 Å². The molecule has 0 aliphatic heterocycles. The maximum atomic E-state index is 13.9. The molecule has 21 heavy (non-hydrogen) atoms. The van der Waals surface area contributed by atoms with E-state index in [0.717, 1.165) is 18.4 Å². The van der Waals surface area contributed by atoms with E-state index in [2.05, 4.69) is 21.2 Å². The molecule has 112 valence electrons. The Hall–Kier alpha value is -1.13. The lowest BCUT2D eigenvalue weighted by atomic mass is 10.0. The molecule has 0 aromatic heterocycles. The van der Waals surface area contributed by atoms with Crippen molar-refractivity contribution in [2.45, 2.75) is 25.8 Å². The Balaban J connectivity index is 2.30. The van der Waals surface area contributed by atoms with Crippen LogP contribution in [0, 0.1) is 11.6 Å². The van der Waals surface area contributed by atoms with Gasteiger partial charge in [0.15, 0.2) is 0 Å². The molecule has 1 atom stereocenters. The van der Waals surface area contributed by atoms with Crippen LogP contribution in [-0.4, -0.2) is 0 Å². The Morgan fingerprint density at radius 3 is 2.24 bits per heavy atom. The van der Waals surface area contributed by atoms with Crippen LogP contribution in [0.3, 0.4) is 0 Å². The number of rotatable bonds is 5. The summed E-state index contributed by atoms with van der Waals surface area (Å²) in [5.41, 5.74) is 0.842. The van der Waals surface area contributed by atoms with E-state index in [1.807, 2.05) is 19.1 Å². The van der Waals surface area contributed by atoms with E-state index >= 15 is 0 Å².